The summed E-state index contributed by atoms with van der Waals surface area (Å²) in [7, 11) is -4.05. The molecule has 1 fully saturated rings. The average molecular weight is 380 g/mol. The molecule has 2 atom stereocenters. The van der Waals surface area contributed by atoms with Crippen LogP contribution in [0.15, 0.2) is 48.5 Å². The normalized spacial score (nSPS) is 24.2. The summed E-state index contributed by atoms with van der Waals surface area (Å²) in [5.74, 6) is 0.0441. The fourth-order valence-corrected chi connectivity index (χ4v) is 4.67. The van der Waals surface area contributed by atoms with Crippen LogP contribution in [-0.2, 0) is 15.0 Å². The molecule has 2 aromatic rings. The molecule has 8 heteroatoms. The second-order valence-electron chi connectivity index (χ2n) is 5.89. The van der Waals surface area contributed by atoms with Gasteiger partial charge in [0.25, 0.3) is 0 Å². The molecule has 0 unspecified atom stereocenters. The van der Waals surface area contributed by atoms with Crippen LogP contribution in [0.2, 0.25) is 5.02 Å². The number of halogens is 1. The van der Waals surface area contributed by atoms with Gasteiger partial charge in [-0.1, -0.05) is 41.9 Å². The lowest BCUT2D eigenvalue weighted by atomic mass is 10.0. The molecule has 0 bridgehead atoms. The van der Waals surface area contributed by atoms with Gasteiger partial charge < -0.3 is 8.92 Å². The first kappa shape index (κ1) is 16.5. The zero-order valence-electron chi connectivity index (χ0n) is 13.0. The lowest BCUT2D eigenvalue weighted by molar-refractivity contribution is 0.0573. The number of hydrogen-bond donors (Lipinski definition) is 0. The van der Waals surface area contributed by atoms with Gasteiger partial charge >= 0.3 is 10.3 Å². The quantitative estimate of drug-likeness (QED) is 0.766. The number of Topliss-reactive ketones (excluding diaryl/α,β-unsaturated/α-hetero) is 1. The van der Waals surface area contributed by atoms with E-state index in [0.29, 0.717) is 16.1 Å². The number of fused-ring (bicyclic) bond motifs is 3. The molecule has 4 rings (SSSR count). The Morgan fingerprint density at radius 1 is 1.20 bits per heavy atom. The smallest absolute Gasteiger partial charge is 0.370 e. The van der Waals surface area contributed by atoms with Gasteiger partial charge in [0, 0.05) is 22.6 Å². The molecule has 0 amide bonds. The van der Waals surface area contributed by atoms with Crippen molar-refractivity contribution in [2.45, 2.75) is 18.7 Å². The number of hydrogen-bond acceptors (Lipinski definition) is 5. The van der Waals surface area contributed by atoms with Gasteiger partial charge in [-0.3, -0.25) is 4.79 Å². The zero-order chi connectivity index (χ0) is 17.6. The first-order chi connectivity index (χ1) is 12.0. The number of rotatable bonds is 3. The van der Waals surface area contributed by atoms with Crippen molar-refractivity contribution in [2.75, 3.05) is 6.61 Å². The van der Waals surface area contributed by atoms with E-state index in [1.54, 1.807) is 36.4 Å². The van der Waals surface area contributed by atoms with Crippen molar-refractivity contribution in [3.8, 4) is 5.75 Å². The van der Waals surface area contributed by atoms with Crippen LogP contribution in [0.1, 0.15) is 28.6 Å². The standard InChI is InChI=1S/C17H14ClNO5S/c18-12-6-7-16-14(8-12)17-19(25(21,22)24-16)13(10-23-17)9-15(20)11-4-2-1-3-5-11/h1-8,13,17H,9-10H2/t13-,17+/m1/s1. The van der Waals surface area contributed by atoms with E-state index < -0.39 is 22.6 Å². The minimum Gasteiger partial charge on any atom is -0.370 e. The molecule has 25 heavy (non-hydrogen) atoms. The third kappa shape index (κ3) is 2.93. The summed E-state index contributed by atoms with van der Waals surface area (Å²) in [6.07, 6.45) is -0.819. The van der Waals surface area contributed by atoms with E-state index in [1.165, 1.54) is 6.07 Å². The van der Waals surface area contributed by atoms with Crippen LogP contribution in [0, 0.1) is 0 Å². The number of carbonyl (C=O) groups is 1. The maximum Gasteiger partial charge on any atom is 0.388 e. The molecule has 0 aliphatic carbocycles. The molecule has 2 aliphatic heterocycles. The van der Waals surface area contributed by atoms with Crippen molar-refractivity contribution < 1.29 is 22.1 Å². The van der Waals surface area contributed by atoms with E-state index in [2.05, 4.69) is 0 Å². The van der Waals surface area contributed by atoms with Gasteiger partial charge in [-0.05, 0) is 18.2 Å². The number of benzene rings is 2. The summed E-state index contributed by atoms with van der Waals surface area (Å²) < 4.78 is 37.0. The van der Waals surface area contributed by atoms with Crippen LogP contribution in [0.25, 0.3) is 0 Å². The van der Waals surface area contributed by atoms with Crippen LogP contribution in [0.5, 0.6) is 5.75 Å². The van der Waals surface area contributed by atoms with Crippen LogP contribution in [-0.4, -0.2) is 31.2 Å². The Morgan fingerprint density at radius 3 is 2.72 bits per heavy atom. The van der Waals surface area contributed by atoms with E-state index in [1.807, 2.05) is 6.07 Å². The highest BCUT2D eigenvalue weighted by Crippen LogP contribution is 2.44. The largest absolute Gasteiger partial charge is 0.388 e. The molecule has 130 valence electrons. The third-order valence-corrected chi connectivity index (χ3v) is 5.88. The minimum absolute atomic E-state index is 0.0129. The predicted octanol–water partition coefficient (Wildman–Crippen LogP) is 2.95. The fourth-order valence-electron chi connectivity index (χ4n) is 3.12. The van der Waals surface area contributed by atoms with Gasteiger partial charge in [0.2, 0.25) is 0 Å². The SMILES string of the molecule is O=C(C[C@@H]1CO[C@H]2c3cc(Cl)ccc3OS(=O)(=O)N12)c1ccccc1. The van der Waals surface area contributed by atoms with Crippen molar-refractivity contribution >= 4 is 27.7 Å². The fraction of sp³-hybridized carbons (Fsp3) is 0.235. The first-order valence-corrected chi connectivity index (χ1v) is 9.42. The second kappa shape index (κ2) is 6.10. The van der Waals surface area contributed by atoms with Gasteiger partial charge in [0.05, 0.1) is 12.6 Å². The molecule has 1 saturated heterocycles. The molecule has 2 aliphatic rings. The molecule has 0 spiro atoms. The van der Waals surface area contributed by atoms with E-state index in [0.717, 1.165) is 4.31 Å². The van der Waals surface area contributed by atoms with E-state index in [4.69, 9.17) is 20.5 Å². The highest BCUT2D eigenvalue weighted by Gasteiger charge is 2.49. The summed E-state index contributed by atoms with van der Waals surface area (Å²) in [5.41, 5.74) is 1.07. The van der Waals surface area contributed by atoms with E-state index in [-0.39, 0.29) is 24.6 Å². The van der Waals surface area contributed by atoms with Crippen molar-refractivity contribution in [1.29, 1.82) is 0 Å². The molecular weight excluding hydrogens is 366 g/mol. The Morgan fingerprint density at radius 2 is 1.96 bits per heavy atom. The molecule has 6 nitrogen and oxygen atoms in total. The minimum atomic E-state index is -4.05. The highest BCUT2D eigenvalue weighted by molar-refractivity contribution is 7.84. The number of nitrogens with zero attached hydrogens (tertiary/aromatic N) is 1. The second-order valence-corrected chi connectivity index (χ2v) is 7.77. The average Bonchev–Trinajstić information content (AvgIpc) is 3.01. The van der Waals surface area contributed by atoms with Gasteiger partial charge in [-0.2, -0.15) is 8.42 Å². The van der Waals surface area contributed by atoms with Gasteiger partial charge in [0.1, 0.15) is 0 Å². The first-order valence-electron chi connectivity index (χ1n) is 7.68. The molecule has 0 N–H and O–H groups in total. The Hall–Kier alpha value is -1.93. The summed E-state index contributed by atoms with van der Waals surface area (Å²) in [4.78, 5) is 12.4. The van der Waals surface area contributed by atoms with Crippen molar-refractivity contribution in [3.05, 3.63) is 64.7 Å². The maximum atomic E-state index is 12.5. The molecule has 0 radical (unpaired) electrons. The predicted molar refractivity (Wildman–Crippen MR) is 90.7 cm³/mol. The summed E-state index contributed by atoms with van der Waals surface area (Å²) in [5, 5.41) is 0.453. The monoisotopic (exact) mass is 379 g/mol. The van der Waals surface area contributed by atoms with Gasteiger partial charge in [0.15, 0.2) is 17.8 Å². The summed E-state index contributed by atoms with van der Waals surface area (Å²) in [6, 6.07) is 12.8. The zero-order valence-corrected chi connectivity index (χ0v) is 14.5. The number of ketones is 1. The maximum absolute atomic E-state index is 12.5. The Bertz CT molecular complexity index is 931. The van der Waals surface area contributed by atoms with Crippen LogP contribution >= 0.6 is 11.6 Å². The molecule has 2 aromatic carbocycles. The van der Waals surface area contributed by atoms with Crippen LogP contribution in [0.4, 0.5) is 0 Å². The van der Waals surface area contributed by atoms with E-state index in [9.17, 15) is 13.2 Å². The topological polar surface area (TPSA) is 72.9 Å². The Balaban J connectivity index is 1.65. The van der Waals surface area contributed by atoms with Gasteiger partial charge in [-0.15, -0.1) is 4.31 Å². The summed E-state index contributed by atoms with van der Waals surface area (Å²) in [6.45, 7) is 0.109. The number of carbonyl (C=O) groups excluding carboxylic acids is 1. The molecule has 0 aromatic heterocycles. The lowest BCUT2D eigenvalue weighted by Gasteiger charge is -2.31. The third-order valence-electron chi connectivity index (χ3n) is 4.25. The van der Waals surface area contributed by atoms with Crippen molar-refractivity contribution in [1.82, 2.24) is 4.31 Å². The Kier molecular flexibility index (Phi) is 4.04. The molecular formula is C17H14ClNO5S. The van der Waals surface area contributed by atoms with Gasteiger partial charge in [-0.25, -0.2) is 0 Å². The van der Waals surface area contributed by atoms with Crippen molar-refractivity contribution in [2.24, 2.45) is 0 Å². The molecule has 0 saturated carbocycles. The number of ether oxygens (including phenoxy) is 1. The molecule has 2 heterocycles. The summed E-state index contributed by atoms with van der Waals surface area (Å²) >= 11 is 6.01. The highest BCUT2D eigenvalue weighted by atomic mass is 35.5. The van der Waals surface area contributed by atoms with Crippen LogP contribution < -0.4 is 4.18 Å². The van der Waals surface area contributed by atoms with E-state index >= 15 is 0 Å². The van der Waals surface area contributed by atoms with Crippen molar-refractivity contribution in [3.63, 3.8) is 0 Å². The van der Waals surface area contributed by atoms with Crippen LogP contribution in [0.3, 0.4) is 0 Å². The lowest BCUT2D eigenvalue weighted by Crippen LogP contribution is -2.44. The Labute approximate surface area is 150 Å².